The molecule has 0 aliphatic rings. The second-order valence-corrected chi connectivity index (χ2v) is 4.04. The maximum atomic E-state index is 4.44. The third-order valence-corrected chi connectivity index (χ3v) is 2.95. The van der Waals surface area contributed by atoms with Crippen LogP contribution in [0.4, 0.5) is 0 Å². The van der Waals surface area contributed by atoms with Gasteiger partial charge in [0.05, 0.1) is 11.0 Å². The van der Waals surface area contributed by atoms with Gasteiger partial charge in [-0.3, -0.25) is 9.67 Å². The maximum absolute atomic E-state index is 4.44. The Hall–Kier alpha value is -0.950. The van der Waals surface area contributed by atoms with Gasteiger partial charge in [-0.2, -0.15) is 5.10 Å². The van der Waals surface area contributed by atoms with E-state index in [-0.39, 0.29) is 0 Å². The molecule has 0 saturated heterocycles. The van der Waals surface area contributed by atoms with E-state index in [1.165, 1.54) is 10.9 Å². The Morgan fingerprint density at radius 3 is 2.92 bits per heavy atom. The summed E-state index contributed by atoms with van der Waals surface area (Å²) in [6, 6.07) is 2.08. The molecule has 68 valence electrons. The van der Waals surface area contributed by atoms with Crippen LogP contribution >= 0.6 is 8.58 Å². The molecule has 2 aromatic heterocycles. The number of aromatic nitrogens is 3. The van der Waals surface area contributed by atoms with Crippen molar-refractivity contribution in [2.45, 2.75) is 6.92 Å². The molecule has 0 amide bonds. The largest absolute Gasteiger partial charge is 0.267 e. The highest BCUT2D eigenvalue weighted by Crippen LogP contribution is 2.16. The van der Waals surface area contributed by atoms with E-state index in [9.17, 15) is 0 Å². The molecule has 0 N–H and O–H groups in total. The summed E-state index contributed by atoms with van der Waals surface area (Å²) in [5.74, 6) is 0. The van der Waals surface area contributed by atoms with Crippen LogP contribution in [0.3, 0.4) is 0 Å². The molecule has 0 aliphatic carbocycles. The summed E-state index contributed by atoms with van der Waals surface area (Å²) in [5.41, 5.74) is 3.38. The van der Waals surface area contributed by atoms with Gasteiger partial charge in [-0.25, -0.2) is 0 Å². The molecule has 0 radical (unpaired) electrons. The highest BCUT2D eigenvalue weighted by atomic mass is 31.1. The first kappa shape index (κ1) is 8.64. The summed E-state index contributed by atoms with van der Waals surface area (Å²) in [6.45, 7) is 4.14. The fourth-order valence-electron chi connectivity index (χ4n) is 1.44. The lowest BCUT2D eigenvalue weighted by Gasteiger charge is -1.94. The van der Waals surface area contributed by atoms with E-state index in [4.69, 9.17) is 0 Å². The topological polar surface area (TPSA) is 30.7 Å². The van der Waals surface area contributed by atoms with Crippen molar-refractivity contribution in [3.05, 3.63) is 18.0 Å². The first-order valence-corrected chi connectivity index (χ1v) is 5.69. The Balaban J connectivity index is 2.80. The second kappa shape index (κ2) is 3.08. The molecule has 0 aromatic carbocycles. The van der Waals surface area contributed by atoms with Crippen LogP contribution in [0.5, 0.6) is 0 Å². The Labute approximate surface area is 78.9 Å². The lowest BCUT2D eigenvalue weighted by Crippen LogP contribution is -1.98. The van der Waals surface area contributed by atoms with Gasteiger partial charge in [-0.05, 0) is 19.7 Å². The molecule has 1 atom stereocenters. The fourth-order valence-corrected chi connectivity index (χ4v) is 2.15. The van der Waals surface area contributed by atoms with E-state index in [2.05, 4.69) is 22.8 Å². The van der Waals surface area contributed by atoms with E-state index in [1.54, 1.807) is 0 Å². The first-order chi connectivity index (χ1) is 6.22. The van der Waals surface area contributed by atoms with Crippen molar-refractivity contribution in [3.63, 3.8) is 0 Å². The summed E-state index contributed by atoms with van der Waals surface area (Å²) < 4.78 is 1.93. The predicted molar refractivity (Wildman–Crippen MR) is 57.1 cm³/mol. The molecule has 0 fully saturated rings. The van der Waals surface area contributed by atoms with E-state index in [1.807, 2.05) is 24.9 Å². The smallest absolute Gasteiger partial charge is 0.0910 e. The monoisotopic (exact) mass is 193 g/mol. The summed E-state index contributed by atoms with van der Waals surface area (Å²) in [6.07, 6.45) is 1.92. The molecular weight excluding hydrogens is 181 g/mol. The van der Waals surface area contributed by atoms with Crippen LogP contribution in [0.1, 0.15) is 5.69 Å². The minimum atomic E-state index is 0.730. The van der Waals surface area contributed by atoms with Gasteiger partial charge >= 0.3 is 0 Å². The number of hydrogen-bond donors (Lipinski definition) is 0. The van der Waals surface area contributed by atoms with E-state index < -0.39 is 0 Å². The molecule has 0 saturated carbocycles. The minimum absolute atomic E-state index is 0.730. The molecule has 0 bridgehead atoms. The van der Waals surface area contributed by atoms with Gasteiger partial charge in [-0.1, -0.05) is 8.58 Å². The van der Waals surface area contributed by atoms with Crippen LogP contribution in [0.15, 0.2) is 12.3 Å². The van der Waals surface area contributed by atoms with Gasteiger partial charge in [0.2, 0.25) is 0 Å². The first-order valence-electron chi connectivity index (χ1n) is 4.19. The van der Waals surface area contributed by atoms with Crippen molar-refractivity contribution in [2.24, 2.45) is 7.05 Å². The Bertz CT molecular complexity index is 447. The zero-order chi connectivity index (χ0) is 9.42. The average Bonchev–Trinajstić information content (AvgIpc) is 2.43. The number of aryl methyl sites for hydroxylation is 2. The molecule has 1 unspecified atom stereocenters. The van der Waals surface area contributed by atoms with Gasteiger partial charge in [0.25, 0.3) is 0 Å². The summed E-state index contributed by atoms with van der Waals surface area (Å²) in [5, 5.41) is 5.63. The number of rotatable bonds is 1. The average molecular weight is 193 g/mol. The summed E-state index contributed by atoms with van der Waals surface area (Å²) in [7, 11) is 2.71. The lowest BCUT2D eigenvalue weighted by molar-refractivity contribution is 0.806. The normalized spacial score (nSPS) is 11.9. The van der Waals surface area contributed by atoms with E-state index in [0.29, 0.717) is 0 Å². The van der Waals surface area contributed by atoms with Crippen molar-refractivity contribution >= 4 is 24.9 Å². The third-order valence-electron chi connectivity index (χ3n) is 2.11. The molecule has 2 aromatic rings. The zero-order valence-electron chi connectivity index (χ0n) is 8.00. The fraction of sp³-hybridized carbons (Fsp3) is 0.333. The number of hydrogen-bond acceptors (Lipinski definition) is 2. The number of fused-ring (bicyclic) bond motifs is 1. The van der Waals surface area contributed by atoms with Gasteiger partial charge in [0, 0.05) is 24.3 Å². The highest BCUT2D eigenvalue weighted by molar-refractivity contribution is 7.46. The maximum Gasteiger partial charge on any atom is 0.0910 e. The van der Waals surface area contributed by atoms with Crippen LogP contribution in [-0.2, 0) is 7.05 Å². The summed E-state index contributed by atoms with van der Waals surface area (Å²) in [4.78, 5) is 4.28. The van der Waals surface area contributed by atoms with E-state index >= 15 is 0 Å². The van der Waals surface area contributed by atoms with E-state index in [0.717, 1.165) is 19.7 Å². The minimum Gasteiger partial charge on any atom is -0.267 e. The number of pyridine rings is 1. The van der Waals surface area contributed by atoms with Crippen LogP contribution in [0.25, 0.3) is 10.9 Å². The quantitative estimate of drug-likeness (QED) is 0.637. The molecule has 2 heterocycles. The number of nitrogens with zero attached hydrogens (tertiary/aromatic N) is 3. The van der Waals surface area contributed by atoms with Crippen LogP contribution in [0.2, 0.25) is 0 Å². The molecule has 13 heavy (non-hydrogen) atoms. The SMILES string of the molecule is CPc1nn(C)c2cc(C)ncc12. The van der Waals surface area contributed by atoms with Crippen LogP contribution in [-0.4, -0.2) is 21.4 Å². The van der Waals surface area contributed by atoms with Crippen molar-refractivity contribution < 1.29 is 0 Å². The third kappa shape index (κ3) is 1.33. The van der Waals surface area contributed by atoms with Crippen LogP contribution in [0, 0.1) is 6.92 Å². The highest BCUT2D eigenvalue weighted by Gasteiger charge is 2.06. The molecule has 3 nitrogen and oxygen atoms in total. The van der Waals surface area contributed by atoms with Crippen molar-refractivity contribution in [3.8, 4) is 0 Å². The molecule has 4 heteroatoms. The zero-order valence-corrected chi connectivity index (χ0v) is 9.00. The standard InChI is InChI=1S/C9H12N3P/c1-6-4-8-7(5-10-6)9(13-3)11-12(8)2/h4-5,13H,1-3H3. The molecular formula is C9H12N3P. The van der Waals surface area contributed by atoms with Gasteiger partial charge < -0.3 is 0 Å². The van der Waals surface area contributed by atoms with Gasteiger partial charge in [-0.15, -0.1) is 0 Å². The Morgan fingerprint density at radius 2 is 2.23 bits per heavy atom. The van der Waals surface area contributed by atoms with Crippen molar-refractivity contribution in [1.29, 1.82) is 0 Å². The summed E-state index contributed by atoms with van der Waals surface area (Å²) >= 11 is 0. The van der Waals surface area contributed by atoms with Crippen LogP contribution < -0.4 is 5.44 Å². The Morgan fingerprint density at radius 1 is 1.46 bits per heavy atom. The Kier molecular flexibility index (Phi) is 2.04. The molecule has 0 spiro atoms. The molecule has 0 aliphatic heterocycles. The van der Waals surface area contributed by atoms with Crippen molar-refractivity contribution in [1.82, 2.24) is 14.8 Å². The molecule has 2 rings (SSSR count). The predicted octanol–water partition coefficient (Wildman–Crippen LogP) is 1.21. The van der Waals surface area contributed by atoms with Gasteiger partial charge in [0.15, 0.2) is 0 Å². The van der Waals surface area contributed by atoms with Crippen molar-refractivity contribution in [2.75, 3.05) is 6.66 Å². The van der Waals surface area contributed by atoms with Gasteiger partial charge in [0.1, 0.15) is 0 Å². The second-order valence-electron chi connectivity index (χ2n) is 3.07. The lowest BCUT2D eigenvalue weighted by atomic mass is 10.3.